The molecule has 1 nitrogen and oxygen atoms in total. The van der Waals surface area contributed by atoms with Gasteiger partial charge in [-0.25, -0.2) is 0 Å². The number of hydrogen-bond donors (Lipinski definition) is 1. The molecule has 0 saturated heterocycles. The van der Waals surface area contributed by atoms with Crippen molar-refractivity contribution < 1.29 is 0 Å². The summed E-state index contributed by atoms with van der Waals surface area (Å²) in [4.78, 5) is 1.31. The topological polar surface area (TPSA) is 26.0 Å². The molecule has 16 heavy (non-hydrogen) atoms. The van der Waals surface area contributed by atoms with E-state index in [0.29, 0.717) is 0 Å². The van der Waals surface area contributed by atoms with Crippen LogP contribution in [0.25, 0.3) is 0 Å². The summed E-state index contributed by atoms with van der Waals surface area (Å²) in [5.74, 6) is 1.11. The summed E-state index contributed by atoms with van der Waals surface area (Å²) < 4.78 is 0. The third-order valence-electron chi connectivity index (χ3n) is 2.19. The minimum absolute atomic E-state index is 0. The zero-order chi connectivity index (χ0) is 11.3. The van der Waals surface area contributed by atoms with Gasteiger partial charge in [0.2, 0.25) is 0 Å². The standard InChI is InChI=1S/C13H19NS.ClH/c1-4-15-12-7-5-11(6-8-12)13(14)9-10(2)3;/h5-8,13H,2,4,9,14H2,1,3H3;1H/t13-;/m0./s1. The van der Waals surface area contributed by atoms with E-state index in [0.717, 1.165) is 17.7 Å². The van der Waals surface area contributed by atoms with Crippen molar-refractivity contribution in [2.45, 2.75) is 31.2 Å². The molecule has 0 amide bonds. The Balaban J connectivity index is 0.00000225. The average molecular weight is 258 g/mol. The Hall–Kier alpha value is -0.440. The second kappa shape index (κ2) is 7.77. The Morgan fingerprint density at radius 1 is 1.38 bits per heavy atom. The van der Waals surface area contributed by atoms with Crippen molar-refractivity contribution in [3.8, 4) is 0 Å². The molecule has 0 aliphatic heterocycles. The van der Waals surface area contributed by atoms with E-state index in [1.807, 2.05) is 18.7 Å². The van der Waals surface area contributed by atoms with Crippen LogP contribution in [0.4, 0.5) is 0 Å². The number of nitrogens with two attached hydrogens (primary N) is 1. The Morgan fingerprint density at radius 3 is 2.38 bits per heavy atom. The quantitative estimate of drug-likeness (QED) is 0.632. The van der Waals surface area contributed by atoms with Crippen molar-refractivity contribution in [2.24, 2.45) is 5.73 Å². The highest BCUT2D eigenvalue weighted by Crippen LogP contribution is 2.22. The molecule has 0 heterocycles. The lowest BCUT2D eigenvalue weighted by Gasteiger charge is -2.12. The summed E-state index contributed by atoms with van der Waals surface area (Å²) in [6.45, 7) is 8.06. The first kappa shape index (κ1) is 15.6. The summed E-state index contributed by atoms with van der Waals surface area (Å²) >= 11 is 1.85. The summed E-state index contributed by atoms with van der Waals surface area (Å²) in [6.07, 6.45) is 0.861. The van der Waals surface area contributed by atoms with Gasteiger partial charge in [0.05, 0.1) is 0 Å². The second-order valence-electron chi connectivity index (χ2n) is 3.77. The van der Waals surface area contributed by atoms with Gasteiger partial charge in [-0.1, -0.05) is 24.6 Å². The minimum Gasteiger partial charge on any atom is -0.324 e. The average Bonchev–Trinajstić information content (AvgIpc) is 2.18. The van der Waals surface area contributed by atoms with Crippen LogP contribution in [-0.4, -0.2) is 5.75 Å². The van der Waals surface area contributed by atoms with Crippen molar-refractivity contribution in [1.82, 2.24) is 0 Å². The monoisotopic (exact) mass is 257 g/mol. The zero-order valence-electron chi connectivity index (χ0n) is 9.90. The van der Waals surface area contributed by atoms with Crippen molar-refractivity contribution >= 4 is 24.2 Å². The van der Waals surface area contributed by atoms with Crippen LogP contribution in [0, 0.1) is 0 Å². The van der Waals surface area contributed by atoms with E-state index >= 15 is 0 Å². The van der Waals surface area contributed by atoms with Crippen LogP contribution >= 0.6 is 24.2 Å². The molecule has 0 aliphatic rings. The molecule has 1 atom stereocenters. The van der Waals surface area contributed by atoms with E-state index in [1.165, 1.54) is 10.5 Å². The normalized spacial score (nSPS) is 11.7. The molecule has 3 heteroatoms. The molecular formula is C13H20ClNS. The van der Waals surface area contributed by atoms with Crippen LogP contribution in [0.2, 0.25) is 0 Å². The number of rotatable bonds is 5. The molecule has 90 valence electrons. The minimum atomic E-state index is 0. The fraction of sp³-hybridized carbons (Fsp3) is 0.385. The SMILES string of the molecule is C=C(C)C[C@H](N)c1ccc(SCC)cc1.Cl. The van der Waals surface area contributed by atoms with Gasteiger partial charge in [0, 0.05) is 10.9 Å². The van der Waals surface area contributed by atoms with Crippen molar-refractivity contribution in [1.29, 1.82) is 0 Å². The van der Waals surface area contributed by atoms with Crippen LogP contribution in [0.3, 0.4) is 0 Å². The van der Waals surface area contributed by atoms with Gasteiger partial charge >= 0.3 is 0 Å². The molecular weight excluding hydrogens is 238 g/mol. The van der Waals surface area contributed by atoms with E-state index < -0.39 is 0 Å². The van der Waals surface area contributed by atoms with Crippen LogP contribution in [0.5, 0.6) is 0 Å². The Bertz CT molecular complexity index is 321. The molecule has 0 spiro atoms. The van der Waals surface area contributed by atoms with E-state index in [9.17, 15) is 0 Å². The van der Waals surface area contributed by atoms with Crippen LogP contribution < -0.4 is 5.73 Å². The smallest absolute Gasteiger partial charge is 0.0332 e. The van der Waals surface area contributed by atoms with Gasteiger partial charge in [0.25, 0.3) is 0 Å². The maximum absolute atomic E-state index is 6.05. The molecule has 0 unspecified atom stereocenters. The van der Waals surface area contributed by atoms with E-state index in [-0.39, 0.29) is 18.4 Å². The summed E-state index contributed by atoms with van der Waals surface area (Å²) in [7, 11) is 0. The van der Waals surface area contributed by atoms with Gasteiger partial charge in [-0.2, -0.15) is 0 Å². The number of thioether (sulfide) groups is 1. The molecule has 0 aliphatic carbocycles. The number of benzene rings is 1. The summed E-state index contributed by atoms with van der Waals surface area (Å²) in [6, 6.07) is 8.60. The van der Waals surface area contributed by atoms with Gasteiger partial charge in [-0.05, 0) is 36.8 Å². The van der Waals surface area contributed by atoms with Gasteiger partial charge in [0.1, 0.15) is 0 Å². The first-order valence-electron chi connectivity index (χ1n) is 5.26. The Morgan fingerprint density at radius 2 is 1.94 bits per heavy atom. The molecule has 1 aromatic carbocycles. The predicted octanol–water partition coefficient (Wildman–Crippen LogP) is 4.19. The van der Waals surface area contributed by atoms with Crippen molar-refractivity contribution in [3.05, 3.63) is 42.0 Å². The highest BCUT2D eigenvalue weighted by Gasteiger charge is 2.05. The maximum atomic E-state index is 6.05. The van der Waals surface area contributed by atoms with Crippen LogP contribution in [0.15, 0.2) is 41.3 Å². The molecule has 0 fully saturated rings. The first-order valence-corrected chi connectivity index (χ1v) is 6.24. The highest BCUT2D eigenvalue weighted by atomic mass is 35.5. The molecule has 0 aromatic heterocycles. The largest absolute Gasteiger partial charge is 0.324 e. The summed E-state index contributed by atoms with van der Waals surface area (Å²) in [5, 5.41) is 0. The zero-order valence-corrected chi connectivity index (χ0v) is 11.5. The first-order chi connectivity index (χ1) is 7.13. The van der Waals surface area contributed by atoms with Crippen molar-refractivity contribution in [3.63, 3.8) is 0 Å². The maximum Gasteiger partial charge on any atom is 0.0332 e. The van der Waals surface area contributed by atoms with Gasteiger partial charge in [0.15, 0.2) is 0 Å². The van der Waals surface area contributed by atoms with E-state index in [2.05, 4.69) is 37.8 Å². The molecule has 0 saturated carbocycles. The lowest BCUT2D eigenvalue weighted by atomic mass is 10.0. The number of halogens is 1. The third-order valence-corrected chi connectivity index (χ3v) is 3.08. The Kier molecular flexibility index (Phi) is 7.56. The molecule has 0 bridgehead atoms. The lowest BCUT2D eigenvalue weighted by Crippen LogP contribution is -2.10. The Labute approximate surface area is 109 Å². The molecule has 0 radical (unpaired) electrons. The predicted molar refractivity (Wildman–Crippen MR) is 76.4 cm³/mol. The third kappa shape index (κ3) is 5.06. The van der Waals surface area contributed by atoms with Crippen LogP contribution in [0.1, 0.15) is 31.9 Å². The lowest BCUT2D eigenvalue weighted by molar-refractivity contribution is 0.716. The van der Waals surface area contributed by atoms with Gasteiger partial charge in [-0.3, -0.25) is 0 Å². The fourth-order valence-corrected chi connectivity index (χ4v) is 2.13. The van der Waals surface area contributed by atoms with Gasteiger partial charge < -0.3 is 5.73 Å². The van der Waals surface area contributed by atoms with Crippen LogP contribution in [-0.2, 0) is 0 Å². The molecule has 2 N–H and O–H groups in total. The van der Waals surface area contributed by atoms with Crippen molar-refractivity contribution in [2.75, 3.05) is 5.75 Å². The van der Waals surface area contributed by atoms with E-state index in [4.69, 9.17) is 5.73 Å². The second-order valence-corrected chi connectivity index (χ2v) is 5.11. The fourth-order valence-electron chi connectivity index (χ4n) is 1.47. The molecule has 1 aromatic rings. The summed E-state index contributed by atoms with van der Waals surface area (Å²) in [5.41, 5.74) is 8.38. The van der Waals surface area contributed by atoms with E-state index in [1.54, 1.807) is 0 Å². The highest BCUT2D eigenvalue weighted by molar-refractivity contribution is 7.99. The molecule has 1 rings (SSSR count). The number of hydrogen-bond acceptors (Lipinski definition) is 2. The van der Waals surface area contributed by atoms with Gasteiger partial charge in [-0.15, -0.1) is 30.7 Å².